The van der Waals surface area contributed by atoms with E-state index in [-0.39, 0.29) is 5.41 Å². The molecule has 0 aromatic carbocycles. The van der Waals surface area contributed by atoms with Crippen LogP contribution in [0, 0.1) is 11.3 Å². The minimum Gasteiger partial charge on any atom is -0.327 e. The Balaban J connectivity index is 2.26. The second-order valence-electron chi connectivity index (χ2n) is 4.26. The van der Waals surface area contributed by atoms with E-state index < -0.39 is 0 Å². The van der Waals surface area contributed by atoms with Crippen LogP contribution in [0.2, 0.25) is 0 Å². The first-order chi connectivity index (χ1) is 4.63. The minimum atomic E-state index is 0.282. The van der Waals surface area contributed by atoms with Gasteiger partial charge in [-0.25, -0.2) is 0 Å². The van der Waals surface area contributed by atoms with Gasteiger partial charge in [-0.1, -0.05) is 6.92 Å². The molecule has 0 spiro atoms. The zero-order valence-corrected chi connectivity index (χ0v) is 6.51. The van der Waals surface area contributed by atoms with Gasteiger partial charge in [-0.3, -0.25) is 0 Å². The molecule has 0 saturated heterocycles. The summed E-state index contributed by atoms with van der Waals surface area (Å²) in [5, 5.41) is 0. The van der Waals surface area contributed by atoms with E-state index in [1.54, 1.807) is 0 Å². The molecule has 2 rings (SSSR count). The Morgan fingerprint density at radius 1 is 1.20 bits per heavy atom. The van der Waals surface area contributed by atoms with Crippen molar-refractivity contribution in [2.24, 2.45) is 22.8 Å². The fourth-order valence-corrected chi connectivity index (χ4v) is 2.72. The molecule has 0 aliphatic heterocycles. The highest BCUT2D eigenvalue weighted by molar-refractivity contribution is 5.08. The first-order valence-corrected chi connectivity index (χ1v) is 4.14. The van der Waals surface area contributed by atoms with E-state index in [9.17, 15) is 0 Å². The molecule has 2 aliphatic rings. The van der Waals surface area contributed by atoms with Gasteiger partial charge in [0.2, 0.25) is 0 Å². The second kappa shape index (κ2) is 1.74. The van der Waals surface area contributed by atoms with Gasteiger partial charge in [-0.05, 0) is 30.6 Å². The maximum atomic E-state index is 5.96. The van der Waals surface area contributed by atoms with Gasteiger partial charge in [-0.15, -0.1) is 0 Å². The summed E-state index contributed by atoms with van der Waals surface area (Å²) in [5.41, 5.74) is 12.2. The molecule has 2 unspecified atom stereocenters. The van der Waals surface area contributed by atoms with Gasteiger partial charge in [0.05, 0.1) is 0 Å². The summed E-state index contributed by atoms with van der Waals surface area (Å²) in [6, 6.07) is 0.752. The largest absolute Gasteiger partial charge is 0.327 e. The van der Waals surface area contributed by atoms with Crippen LogP contribution < -0.4 is 11.5 Å². The number of fused-ring (bicyclic) bond motifs is 2. The van der Waals surface area contributed by atoms with Crippen molar-refractivity contribution in [3.63, 3.8) is 0 Å². The first kappa shape index (κ1) is 6.62. The topological polar surface area (TPSA) is 52.0 Å². The van der Waals surface area contributed by atoms with Gasteiger partial charge >= 0.3 is 0 Å². The molecule has 0 radical (unpaired) electrons. The van der Waals surface area contributed by atoms with Crippen molar-refractivity contribution < 1.29 is 0 Å². The molecule has 2 heteroatoms. The third-order valence-electron chi connectivity index (χ3n) is 3.60. The molecule has 2 bridgehead atoms. The van der Waals surface area contributed by atoms with Crippen molar-refractivity contribution in [2.75, 3.05) is 0 Å². The standard InChI is InChI=1S/C8H16N2/c1-8-4-5(2-6(8)9)3-7(8)10/h5-7H,2-4,9-10H2,1H3. The number of nitrogens with two attached hydrogens (primary N) is 2. The molecule has 0 aromatic rings. The highest BCUT2D eigenvalue weighted by atomic mass is 14.8. The van der Waals surface area contributed by atoms with E-state index in [1.807, 2.05) is 0 Å². The number of hydrogen-bond donors (Lipinski definition) is 2. The van der Waals surface area contributed by atoms with Crippen LogP contribution in [0.3, 0.4) is 0 Å². The Kier molecular flexibility index (Phi) is 1.15. The summed E-state index contributed by atoms with van der Waals surface area (Å²) in [4.78, 5) is 0. The summed E-state index contributed by atoms with van der Waals surface area (Å²) < 4.78 is 0. The van der Waals surface area contributed by atoms with Gasteiger partial charge in [-0.2, -0.15) is 0 Å². The highest BCUT2D eigenvalue weighted by Crippen LogP contribution is 2.51. The summed E-state index contributed by atoms with van der Waals surface area (Å²) >= 11 is 0. The molecule has 0 aromatic heterocycles. The zero-order chi connectivity index (χ0) is 7.35. The van der Waals surface area contributed by atoms with Crippen LogP contribution in [0.1, 0.15) is 26.2 Å². The van der Waals surface area contributed by atoms with E-state index in [0.29, 0.717) is 12.1 Å². The van der Waals surface area contributed by atoms with Crippen LogP contribution in [0.5, 0.6) is 0 Å². The van der Waals surface area contributed by atoms with Crippen LogP contribution in [0.25, 0.3) is 0 Å². The monoisotopic (exact) mass is 140 g/mol. The quantitative estimate of drug-likeness (QED) is 0.513. The lowest BCUT2D eigenvalue weighted by Crippen LogP contribution is -2.48. The zero-order valence-electron chi connectivity index (χ0n) is 6.51. The Morgan fingerprint density at radius 2 is 1.70 bits per heavy atom. The van der Waals surface area contributed by atoms with Crippen molar-refractivity contribution in [1.82, 2.24) is 0 Å². The Bertz CT molecular complexity index is 143. The molecule has 2 nitrogen and oxygen atoms in total. The van der Waals surface area contributed by atoms with E-state index in [0.717, 1.165) is 5.92 Å². The summed E-state index contributed by atoms with van der Waals surface area (Å²) in [7, 11) is 0. The molecule has 58 valence electrons. The average Bonchev–Trinajstić information content (AvgIpc) is 2.20. The average molecular weight is 140 g/mol. The lowest BCUT2D eigenvalue weighted by atomic mass is 9.79. The third-order valence-corrected chi connectivity index (χ3v) is 3.60. The maximum absolute atomic E-state index is 5.96. The lowest BCUT2D eigenvalue weighted by Gasteiger charge is -2.33. The Morgan fingerprint density at radius 3 is 1.90 bits per heavy atom. The molecule has 2 aliphatic carbocycles. The first-order valence-electron chi connectivity index (χ1n) is 4.14. The number of rotatable bonds is 0. The summed E-state index contributed by atoms with van der Waals surface area (Å²) in [6.07, 6.45) is 3.70. The minimum absolute atomic E-state index is 0.282. The lowest BCUT2D eigenvalue weighted by molar-refractivity contribution is 0.240. The molecule has 2 fully saturated rings. The normalized spacial score (nSPS) is 59.7. The van der Waals surface area contributed by atoms with Crippen molar-refractivity contribution in [1.29, 1.82) is 0 Å². The van der Waals surface area contributed by atoms with Crippen molar-refractivity contribution in [3.8, 4) is 0 Å². The van der Waals surface area contributed by atoms with E-state index >= 15 is 0 Å². The van der Waals surface area contributed by atoms with Crippen molar-refractivity contribution in [2.45, 2.75) is 38.3 Å². The van der Waals surface area contributed by atoms with Crippen LogP contribution in [0.4, 0.5) is 0 Å². The maximum Gasteiger partial charge on any atom is 0.0110 e. The van der Waals surface area contributed by atoms with E-state index in [4.69, 9.17) is 11.5 Å². The molecular formula is C8H16N2. The molecule has 0 amide bonds. The molecule has 0 heterocycles. The van der Waals surface area contributed by atoms with Gasteiger partial charge in [0.15, 0.2) is 0 Å². The number of hydrogen-bond acceptors (Lipinski definition) is 2. The molecule has 4 N–H and O–H groups in total. The van der Waals surface area contributed by atoms with Crippen molar-refractivity contribution >= 4 is 0 Å². The fraction of sp³-hybridized carbons (Fsp3) is 1.00. The van der Waals surface area contributed by atoms with Gasteiger partial charge in [0.25, 0.3) is 0 Å². The predicted octanol–water partition coefficient (Wildman–Crippen LogP) is 0.461. The molecule has 10 heavy (non-hydrogen) atoms. The van der Waals surface area contributed by atoms with Crippen LogP contribution >= 0.6 is 0 Å². The van der Waals surface area contributed by atoms with Crippen LogP contribution in [-0.2, 0) is 0 Å². The van der Waals surface area contributed by atoms with Crippen molar-refractivity contribution in [3.05, 3.63) is 0 Å². The summed E-state index contributed by atoms with van der Waals surface area (Å²) in [6.45, 7) is 2.25. The Labute approximate surface area is 62.0 Å². The van der Waals surface area contributed by atoms with Crippen LogP contribution in [0.15, 0.2) is 0 Å². The Hall–Kier alpha value is -0.0800. The van der Waals surface area contributed by atoms with Gasteiger partial charge in [0, 0.05) is 12.1 Å². The second-order valence-corrected chi connectivity index (χ2v) is 4.26. The van der Waals surface area contributed by atoms with Crippen LogP contribution in [-0.4, -0.2) is 12.1 Å². The molecule has 2 atom stereocenters. The van der Waals surface area contributed by atoms with E-state index in [2.05, 4.69) is 6.92 Å². The van der Waals surface area contributed by atoms with E-state index in [1.165, 1.54) is 19.3 Å². The predicted molar refractivity (Wildman–Crippen MR) is 41.4 cm³/mol. The smallest absolute Gasteiger partial charge is 0.0110 e. The SMILES string of the molecule is CC12CC(CC1N)CC2N. The fourth-order valence-electron chi connectivity index (χ4n) is 2.72. The van der Waals surface area contributed by atoms with Gasteiger partial charge in [0.1, 0.15) is 0 Å². The molecule has 2 saturated carbocycles. The third kappa shape index (κ3) is 0.611. The van der Waals surface area contributed by atoms with Gasteiger partial charge < -0.3 is 11.5 Å². The highest BCUT2D eigenvalue weighted by Gasteiger charge is 2.52. The molecular weight excluding hydrogens is 124 g/mol. The summed E-state index contributed by atoms with van der Waals surface area (Å²) in [5.74, 6) is 0.843.